The quantitative estimate of drug-likeness (QED) is 0.882. The van der Waals surface area contributed by atoms with E-state index in [1.807, 2.05) is 25.1 Å². The molecule has 3 nitrogen and oxygen atoms in total. The molecule has 1 fully saturated rings. The van der Waals surface area contributed by atoms with Crippen LogP contribution in [0.5, 0.6) is 0 Å². The van der Waals surface area contributed by atoms with Crippen LogP contribution >= 0.6 is 0 Å². The van der Waals surface area contributed by atoms with Crippen LogP contribution in [-0.4, -0.2) is 14.2 Å². The molecule has 0 amide bonds. The third kappa shape index (κ3) is 4.33. The lowest BCUT2D eigenvalue weighted by atomic mass is 9.91. The zero-order valence-corrected chi connectivity index (χ0v) is 14.5. The van der Waals surface area contributed by atoms with E-state index < -0.39 is 10.0 Å². The van der Waals surface area contributed by atoms with Crippen molar-refractivity contribution in [3.05, 3.63) is 48.0 Å². The highest BCUT2D eigenvalue weighted by atomic mass is 32.2. The van der Waals surface area contributed by atoms with Gasteiger partial charge in [-0.25, -0.2) is 13.1 Å². The molecule has 2 aromatic carbocycles. The van der Waals surface area contributed by atoms with Crippen LogP contribution in [0, 0.1) is 5.92 Å². The van der Waals surface area contributed by atoms with Crippen molar-refractivity contribution in [3.63, 3.8) is 0 Å². The van der Waals surface area contributed by atoms with Crippen LogP contribution < -0.4 is 4.72 Å². The normalized spacial score (nSPS) is 18.1. The highest BCUT2D eigenvalue weighted by molar-refractivity contribution is 7.89. The predicted molar refractivity (Wildman–Crippen MR) is 95.9 cm³/mol. The molecule has 1 aliphatic rings. The summed E-state index contributed by atoms with van der Waals surface area (Å²) in [6.07, 6.45) is 5.68. The molecule has 124 valence electrons. The number of hydrogen-bond donors (Lipinski definition) is 1. The van der Waals surface area contributed by atoms with Crippen LogP contribution in [0.4, 0.5) is 0 Å². The van der Waals surface area contributed by atoms with Crippen molar-refractivity contribution < 1.29 is 8.42 Å². The highest BCUT2D eigenvalue weighted by Crippen LogP contribution is 2.26. The second-order valence-electron chi connectivity index (χ2n) is 6.73. The minimum atomic E-state index is -3.23. The maximum absolute atomic E-state index is 12.4. The number of sulfonamides is 1. The fraction of sp³-hybridized carbons (Fsp3) is 0.474. The van der Waals surface area contributed by atoms with Gasteiger partial charge in [-0.1, -0.05) is 55.7 Å². The topological polar surface area (TPSA) is 46.2 Å². The van der Waals surface area contributed by atoms with E-state index in [-0.39, 0.29) is 11.8 Å². The molecule has 0 aromatic heterocycles. The predicted octanol–water partition coefficient (Wildman–Crippen LogP) is 4.40. The first kappa shape index (κ1) is 16.5. The first-order valence-electron chi connectivity index (χ1n) is 8.52. The molecule has 4 heteroatoms. The van der Waals surface area contributed by atoms with Crippen molar-refractivity contribution in [2.24, 2.45) is 5.92 Å². The van der Waals surface area contributed by atoms with Gasteiger partial charge >= 0.3 is 0 Å². The molecule has 0 radical (unpaired) electrons. The van der Waals surface area contributed by atoms with Gasteiger partial charge in [-0.05, 0) is 48.1 Å². The zero-order chi connectivity index (χ0) is 16.3. The number of hydrogen-bond acceptors (Lipinski definition) is 2. The Morgan fingerprint density at radius 2 is 1.74 bits per heavy atom. The second kappa shape index (κ2) is 7.02. The van der Waals surface area contributed by atoms with Gasteiger partial charge in [0.25, 0.3) is 0 Å². The summed E-state index contributed by atoms with van der Waals surface area (Å²) >= 11 is 0. The Morgan fingerprint density at radius 3 is 2.48 bits per heavy atom. The molecule has 0 bridgehead atoms. The molecule has 1 N–H and O–H groups in total. The number of rotatable bonds is 5. The fourth-order valence-electron chi connectivity index (χ4n) is 3.53. The molecule has 0 saturated heterocycles. The van der Waals surface area contributed by atoms with Crippen molar-refractivity contribution in [3.8, 4) is 0 Å². The van der Waals surface area contributed by atoms with Gasteiger partial charge in [0.2, 0.25) is 10.0 Å². The Morgan fingerprint density at radius 1 is 1.04 bits per heavy atom. The Kier molecular flexibility index (Phi) is 5.02. The van der Waals surface area contributed by atoms with Crippen LogP contribution in [0.15, 0.2) is 42.5 Å². The third-order valence-electron chi connectivity index (χ3n) is 4.81. The van der Waals surface area contributed by atoms with E-state index in [1.54, 1.807) is 0 Å². The van der Waals surface area contributed by atoms with Crippen LogP contribution in [-0.2, 0) is 10.0 Å². The summed E-state index contributed by atoms with van der Waals surface area (Å²) in [5, 5.41) is 2.32. The summed E-state index contributed by atoms with van der Waals surface area (Å²) in [4.78, 5) is 0. The minimum Gasteiger partial charge on any atom is -0.212 e. The van der Waals surface area contributed by atoms with Gasteiger partial charge in [0.05, 0.1) is 5.75 Å². The van der Waals surface area contributed by atoms with Gasteiger partial charge in [0.1, 0.15) is 0 Å². The van der Waals surface area contributed by atoms with Gasteiger partial charge in [0, 0.05) is 6.04 Å². The number of fused-ring (bicyclic) bond motifs is 1. The largest absolute Gasteiger partial charge is 0.212 e. The van der Waals surface area contributed by atoms with E-state index in [4.69, 9.17) is 0 Å². The van der Waals surface area contributed by atoms with Crippen molar-refractivity contribution >= 4 is 20.8 Å². The molecular formula is C19H25NO2S. The maximum atomic E-state index is 12.4. The van der Waals surface area contributed by atoms with Crippen LogP contribution in [0.3, 0.4) is 0 Å². The van der Waals surface area contributed by atoms with Gasteiger partial charge in [-0.15, -0.1) is 0 Å². The van der Waals surface area contributed by atoms with E-state index in [2.05, 4.69) is 29.0 Å². The summed E-state index contributed by atoms with van der Waals surface area (Å²) in [5.41, 5.74) is 1.01. The summed E-state index contributed by atoms with van der Waals surface area (Å²) in [6, 6.07) is 14.1. The van der Waals surface area contributed by atoms with E-state index >= 15 is 0 Å². The van der Waals surface area contributed by atoms with Crippen molar-refractivity contribution in [1.29, 1.82) is 0 Å². The molecule has 3 rings (SSSR count). The van der Waals surface area contributed by atoms with Crippen molar-refractivity contribution in [1.82, 2.24) is 4.72 Å². The van der Waals surface area contributed by atoms with E-state index in [0.717, 1.165) is 23.8 Å². The van der Waals surface area contributed by atoms with E-state index in [9.17, 15) is 8.42 Å². The molecule has 1 saturated carbocycles. The molecule has 23 heavy (non-hydrogen) atoms. The minimum absolute atomic E-state index is 0.201. The molecule has 0 spiro atoms. The van der Waals surface area contributed by atoms with Gasteiger partial charge in [-0.3, -0.25) is 0 Å². The first-order valence-corrected chi connectivity index (χ1v) is 10.2. The maximum Gasteiger partial charge on any atom is 0.212 e. The monoisotopic (exact) mass is 331 g/mol. The zero-order valence-electron chi connectivity index (χ0n) is 13.7. The average Bonchev–Trinajstić information content (AvgIpc) is 2.54. The molecule has 1 atom stereocenters. The fourth-order valence-corrected chi connectivity index (χ4v) is 5.25. The van der Waals surface area contributed by atoms with Gasteiger partial charge in [-0.2, -0.15) is 0 Å². The summed E-state index contributed by atoms with van der Waals surface area (Å²) in [7, 11) is -3.23. The van der Waals surface area contributed by atoms with Gasteiger partial charge < -0.3 is 0 Å². The number of benzene rings is 2. The van der Waals surface area contributed by atoms with E-state index in [1.165, 1.54) is 24.6 Å². The molecule has 2 aromatic rings. The molecular weight excluding hydrogens is 306 g/mol. The summed E-state index contributed by atoms with van der Waals surface area (Å²) < 4.78 is 27.7. The Balaban J connectivity index is 1.69. The molecule has 1 aliphatic carbocycles. The highest BCUT2D eigenvalue weighted by Gasteiger charge is 2.23. The van der Waals surface area contributed by atoms with Crippen molar-refractivity contribution in [2.45, 2.75) is 45.1 Å². The van der Waals surface area contributed by atoms with Gasteiger partial charge in [0.15, 0.2) is 0 Å². The molecule has 1 unspecified atom stereocenters. The molecule has 0 aliphatic heterocycles. The Hall–Kier alpha value is -1.39. The SMILES string of the molecule is CC(NS(=O)(=O)CC1CCCCC1)c1ccc2ccccc2c1. The van der Waals surface area contributed by atoms with E-state index in [0.29, 0.717) is 5.92 Å². The smallest absolute Gasteiger partial charge is 0.212 e. The molecule has 0 heterocycles. The van der Waals surface area contributed by atoms with Crippen LogP contribution in [0.1, 0.15) is 50.6 Å². The lowest BCUT2D eigenvalue weighted by Crippen LogP contribution is -2.32. The Labute approximate surface area is 139 Å². The first-order chi connectivity index (χ1) is 11.0. The summed E-state index contributed by atoms with van der Waals surface area (Å²) in [5.74, 6) is 0.593. The third-order valence-corrected chi connectivity index (χ3v) is 6.43. The number of nitrogens with one attached hydrogen (secondary N) is 1. The van der Waals surface area contributed by atoms with Crippen LogP contribution in [0.25, 0.3) is 10.8 Å². The average molecular weight is 331 g/mol. The standard InChI is InChI=1S/C19H25NO2S/c1-15(18-12-11-17-9-5-6-10-19(17)13-18)20-23(21,22)14-16-7-3-2-4-8-16/h5-6,9-13,15-16,20H,2-4,7-8,14H2,1H3. The lowest BCUT2D eigenvalue weighted by Gasteiger charge is -2.23. The summed E-state index contributed by atoms with van der Waals surface area (Å²) in [6.45, 7) is 1.92. The lowest BCUT2D eigenvalue weighted by molar-refractivity contribution is 0.383. The van der Waals surface area contributed by atoms with Crippen LogP contribution in [0.2, 0.25) is 0 Å². The second-order valence-corrected chi connectivity index (χ2v) is 8.53. The Bertz CT molecular complexity index is 764. The van der Waals surface area contributed by atoms with Crippen molar-refractivity contribution in [2.75, 3.05) is 5.75 Å².